The lowest BCUT2D eigenvalue weighted by Gasteiger charge is -2.39. The van der Waals surface area contributed by atoms with Crippen LogP contribution in [0, 0.1) is 0 Å². The van der Waals surface area contributed by atoms with Gasteiger partial charge in [-0.2, -0.15) is 24.9 Å². The van der Waals surface area contributed by atoms with E-state index >= 15 is 0 Å². The minimum absolute atomic E-state index is 0.0890. The highest BCUT2D eigenvalue weighted by atomic mass is 32.2. The quantitative estimate of drug-likeness (QED) is 0.783. The molecule has 4 nitrogen and oxygen atoms in total. The summed E-state index contributed by atoms with van der Waals surface area (Å²) in [6, 6.07) is -0.367. The first-order valence-electron chi connectivity index (χ1n) is 6.90. The molecule has 0 saturated carbocycles. The summed E-state index contributed by atoms with van der Waals surface area (Å²) in [5.74, 6) is 0.746. The Bertz CT molecular complexity index is 361. The normalized spacial score (nSPS) is 19.5. The lowest BCUT2D eigenvalue weighted by atomic mass is 9.91. The van der Waals surface area contributed by atoms with Crippen molar-refractivity contribution in [3.63, 3.8) is 0 Å². The fourth-order valence-corrected chi connectivity index (χ4v) is 2.81. The van der Waals surface area contributed by atoms with Crippen LogP contribution < -0.4 is 5.32 Å². The van der Waals surface area contributed by atoms with Crippen LogP contribution in [-0.2, 0) is 0 Å². The number of hydrogen-bond acceptors (Lipinski definition) is 3. The molecule has 1 aliphatic heterocycles. The highest BCUT2D eigenvalue weighted by molar-refractivity contribution is 8.00. The van der Waals surface area contributed by atoms with Gasteiger partial charge in [0.2, 0.25) is 0 Å². The van der Waals surface area contributed by atoms with Crippen molar-refractivity contribution in [2.24, 2.45) is 0 Å². The number of rotatable bonds is 3. The zero-order valence-corrected chi connectivity index (χ0v) is 13.4. The number of nitrogens with one attached hydrogen (secondary N) is 1. The van der Waals surface area contributed by atoms with Gasteiger partial charge in [-0.25, -0.2) is 4.79 Å². The number of carbonyl (C=O) groups is 1. The number of likely N-dealkylation sites (tertiary alicyclic amines) is 1. The fraction of sp³-hybridized carbons (Fsp3) is 0.923. The average molecular weight is 328 g/mol. The van der Waals surface area contributed by atoms with Gasteiger partial charge >= 0.3 is 12.2 Å². The first-order chi connectivity index (χ1) is 9.45. The summed E-state index contributed by atoms with van der Waals surface area (Å²) in [5.41, 5.74) is -2.66. The van der Waals surface area contributed by atoms with Crippen molar-refractivity contribution in [3.05, 3.63) is 0 Å². The van der Waals surface area contributed by atoms with Crippen LogP contribution in [0.15, 0.2) is 0 Å². The van der Waals surface area contributed by atoms with Gasteiger partial charge < -0.3 is 15.3 Å². The number of amides is 2. The molecule has 0 aliphatic carbocycles. The molecule has 0 atom stereocenters. The molecule has 0 unspecified atom stereocenters. The molecule has 0 aromatic heterocycles. The number of carbonyl (C=O) groups excluding carboxylic acids is 1. The van der Waals surface area contributed by atoms with Crippen molar-refractivity contribution >= 4 is 17.8 Å². The van der Waals surface area contributed by atoms with Gasteiger partial charge in [-0.3, -0.25) is 0 Å². The first-order valence-corrected chi connectivity index (χ1v) is 7.89. The van der Waals surface area contributed by atoms with Crippen molar-refractivity contribution in [3.8, 4) is 0 Å². The second-order valence-corrected chi connectivity index (χ2v) is 8.13. The van der Waals surface area contributed by atoms with Gasteiger partial charge in [0.15, 0.2) is 5.60 Å². The van der Waals surface area contributed by atoms with Crippen LogP contribution in [-0.4, -0.2) is 57.9 Å². The van der Waals surface area contributed by atoms with Crippen molar-refractivity contribution in [2.75, 3.05) is 25.4 Å². The molecule has 0 spiro atoms. The van der Waals surface area contributed by atoms with Crippen LogP contribution in [0.5, 0.6) is 0 Å². The Hall–Kier alpha value is -0.630. The SMILES string of the molecule is CC(C)(C)SCCNC(=O)N1CCC(O)(C(F)(F)F)CC1. The third kappa shape index (κ3) is 5.58. The maximum atomic E-state index is 12.6. The van der Waals surface area contributed by atoms with E-state index in [1.807, 2.05) is 0 Å². The smallest absolute Gasteiger partial charge is 0.380 e. The second kappa shape index (κ2) is 6.64. The van der Waals surface area contributed by atoms with E-state index in [9.17, 15) is 23.1 Å². The Labute approximate surface area is 127 Å². The number of thioether (sulfide) groups is 1. The van der Waals surface area contributed by atoms with Gasteiger partial charge in [-0.15, -0.1) is 0 Å². The Balaban J connectivity index is 2.33. The van der Waals surface area contributed by atoms with Gasteiger partial charge in [-0.1, -0.05) is 20.8 Å². The van der Waals surface area contributed by atoms with Crippen LogP contribution in [0.2, 0.25) is 0 Å². The maximum absolute atomic E-state index is 12.6. The van der Waals surface area contributed by atoms with Crippen LogP contribution >= 0.6 is 11.8 Å². The largest absolute Gasteiger partial charge is 0.417 e. The van der Waals surface area contributed by atoms with Crippen LogP contribution in [0.25, 0.3) is 0 Å². The molecule has 0 bridgehead atoms. The summed E-state index contributed by atoms with van der Waals surface area (Å²) in [4.78, 5) is 13.1. The van der Waals surface area contributed by atoms with Crippen molar-refractivity contribution in [1.82, 2.24) is 10.2 Å². The van der Waals surface area contributed by atoms with Gasteiger partial charge in [0.1, 0.15) is 0 Å². The minimum atomic E-state index is -4.64. The summed E-state index contributed by atoms with van der Waals surface area (Å²) in [7, 11) is 0. The van der Waals surface area contributed by atoms with E-state index in [4.69, 9.17) is 0 Å². The summed E-state index contributed by atoms with van der Waals surface area (Å²) in [6.45, 7) is 6.51. The van der Waals surface area contributed by atoms with E-state index in [2.05, 4.69) is 26.1 Å². The Morgan fingerprint density at radius 1 is 1.29 bits per heavy atom. The van der Waals surface area contributed by atoms with Crippen molar-refractivity contribution < 1.29 is 23.1 Å². The summed E-state index contributed by atoms with van der Waals surface area (Å²) < 4.78 is 38.0. The number of hydrogen-bond donors (Lipinski definition) is 2. The summed E-state index contributed by atoms with van der Waals surface area (Å²) >= 11 is 1.70. The molecular weight excluding hydrogens is 305 g/mol. The first kappa shape index (κ1) is 18.4. The van der Waals surface area contributed by atoms with Gasteiger partial charge in [0.25, 0.3) is 0 Å². The molecule has 1 fully saturated rings. The van der Waals surface area contributed by atoms with Crippen LogP contribution in [0.3, 0.4) is 0 Å². The number of piperidine rings is 1. The fourth-order valence-electron chi connectivity index (χ4n) is 1.99. The molecule has 2 amide bonds. The molecule has 8 heteroatoms. The Morgan fingerprint density at radius 2 is 1.81 bits per heavy atom. The highest BCUT2D eigenvalue weighted by Gasteiger charge is 2.54. The molecule has 0 aromatic rings. The predicted molar refractivity (Wildman–Crippen MR) is 77.4 cm³/mol. The molecule has 2 N–H and O–H groups in total. The van der Waals surface area contributed by atoms with E-state index in [0.29, 0.717) is 6.54 Å². The summed E-state index contributed by atoms with van der Waals surface area (Å²) in [6.07, 6.45) is -5.58. The Kier molecular flexibility index (Phi) is 5.83. The molecular formula is C13H23F3N2O2S. The second-order valence-electron chi connectivity index (χ2n) is 6.21. The van der Waals surface area contributed by atoms with E-state index in [0.717, 1.165) is 5.75 Å². The molecule has 1 heterocycles. The number of halogens is 3. The molecule has 0 aromatic carbocycles. The summed E-state index contributed by atoms with van der Waals surface area (Å²) in [5, 5.41) is 12.2. The molecule has 1 rings (SSSR count). The van der Waals surface area contributed by atoms with Crippen molar-refractivity contribution in [2.45, 2.75) is 50.1 Å². The number of nitrogens with zero attached hydrogens (tertiary/aromatic N) is 1. The van der Waals surface area contributed by atoms with Crippen LogP contribution in [0.4, 0.5) is 18.0 Å². The van der Waals surface area contributed by atoms with Gasteiger partial charge in [0, 0.05) is 43.0 Å². The monoisotopic (exact) mass is 328 g/mol. The van der Waals surface area contributed by atoms with Crippen molar-refractivity contribution in [1.29, 1.82) is 0 Å². The number of urea groups is 1. The lowest BCUT2D eigenvalue weighted by Crippen LogP contribution is -2.56. The number of aliphatic hydroxyl groups is 1. The lowest BCUT2D eigenvalue weighted by molar-refractivity contribution is -0.271. The van der Waals surface area contributed by atoms with E-state index < -0.39 is 24.6 Å². The van der Waals surface area contributed by atoms with Gasteiger partial charge in [-0.05, 0) is 0 Å². The maximum Gasteiger partial charge on any atom is 0.417 e. The topological polar surface area (TPSA) is 52.6 Å². The average Bonchev–Trinajstić information content (AvgIpc) is 2.33. The third-order valence-corrected chi connectivity index (χ3v) is 4.59. The molecule has 21 heavy (non-hydrogen) atoms. The molecule has 124 valence electrons. The Morgan fingerprint density at radius 3 is 2.24 bits per heavy atom. The van der Waals surface area contributed by atoms with E-state index in [-0.39, 0.29) is 23.9 Å². The zero-order chi connectivity index (χ0) is 16.3. The zero-order valence-electron chi connectivity index (χ0n) is 12.6. The molecule has 1 saturated heterocycles. The predicted octanol–water partition coefficient (Wildman–Crippen LogP) is 2.62. The highest BCUT2D eigenvalue weighted by Crippen LogP contribution is 2.38. The molecule has 0 radical (unpaired) electrons. The number of alkyl halides is 3. The molecule has 1 aliphatic rings. The van der Waals surface area contributed by atoms with E-state index in [1.54, 1.807) is 11.8 Å². The minimum Gasteiger partial charge on any atom is -0.380 e. The van der Waals surface area contributed by atoms with Crippen LogP contribution in [0.1, 0.15) is 33.6 Å². The third-order valence-electron chi connectivity index (χ3n) is 3.32. The van der Waals surface area contributed by atoms with E-state index in [1.165, 1.54) is 4.90 Å². The van der Waals surface area contributed by atoms with Gasteiger partial charge in [0.05, 0.1) is 0 Å². The standard InChI is InChI=1S/C13H23F3N2O2S/c1-11(2,3)21-9-6-17-10(19)18-7-4-12(20,5-8-18)13(14,15)16/h20H,4-9H2,1-3H3,(H,17,19).